The van der Waals surface area contributed by atoms with E-state index in [2.05, 4.69) is 54.3 Å². The van der Waals surface area contributed by atoms with E-state index in [0.29, 0.717) is 0 Å². The highest BCUT2D eigenvalue weighted by Crippen LogP contribution is 2.49. The second kappa shape index (κ2) is 9.27. The highest BCUT2D eigenvalue weighted by molar-refractivity contribution is 7.98. The van der Waals surface area contributed by atoms with E-state index in [1.807, 2.05) is 23.1 Å². The van der Waals surface area contributed by atoms with Gasteiger partial charge in [0.1, 0.15) is 0 Å². The van der Waals surface area contributed by atoms with Crippen LogP contribution in [0, 0.1) is 0 Å². The Bertz CT molecular complexity index is 751. The minimum absolute atomic E-state index is 0.208. The number of nitrogens with zero attached hydrogens (tertiary/aromatic N) is 2. The van der Waals surface area contributed by atoms with Crippen LogP contribution in [0.5, 0.6) is 0 Å². The molecule has 1 saturated carbocycles. The summed E-state index contributed by atoms with van der Waals surface area (Å²) in [5.74, 6) is 0. The van der Waals surface area contributed by atoms with Crippen molar-refractivity contribution in [2.24, 2.45) is 4.99 Å². The van der Waals surface area contributed by atoms with Crippen LogP contribution in [0.15, 0.2) is 39.5 Å². The first-order valence-electron chi connectivity index (χ1n) is 10.1. The van der Waals surface area contributed by atoms with E-state index in [1.54, 1.807) is 0 Å². The molecule has 4 heteroatoms. The molecule has 0 aliphatic heterocycles. The molecule has 1 heterocycles. The van der Waals surface area contributed by atoms with Gasteiger partial charge in [0.2, 0.25) is 0 Å². The standard InChI is InChI=1S/C22H32N2S2/c1-4-6-15-23-21-24(16-7-5-2)20(17-26-21)22(13-8-14-22)18-9-11-19(25-3)12-10-18/h9-12,17H,4-8,13-16H2,1-3H3. The third-order valence-electron chi connectivity index (χ3n) is 5.63. The second-order valence-electron chi connectivity index (χ2n) is 7.31. The van der Waals surface area contributed by atoms with Crippen LogP contribution >= 0.6 is 23.1 Å². The van der Waals surface area contributed by atoms with E-state index < -0.39 is 0 Å². The van der Waals surface area contributed by atoms with E-state index in [9.17, 15) is 0 Å². The summed E-state index contributed by atoms with van der Waals surface area (Å²) in [5, 5.41) is 2.40. The van der Waals surface area contributed by atoms with Crippen molar-refractivity contribution in [3.8, 4) is 0 Å². The normalized spacial score (nSPS) is 16.7. The molecule has 0 amide bonds. The SMILES string of the molecule is CCCCN=c1scc(C2(c3ccc(SC)cc3)CCC2)n1CCCC. The van der Waals surface area contributed by atoms with Gasteiger partial charge >= 0.3 is 0 Å². The zero-order chi connectivity index (χ0) is 18.4. The molecular weight excluding hydrogens is 356 g/mol. The number of rotatable bonds is 9. The number of hydrogen-bond acceptors (Lipinski definition) is 3. The molecule has 26 heavy (non-hydrogen) atoms. The van der Waals surface area contributed by atoms with Crippen LogP contribution in [-0.4, -0.2) is 17.4 Å². The maximum Gasteiger partial charge on any atom is 0.184 e. The summed E-state index contributed by atoms with van der Waals surface area (Å²) in [6.07, 6.45) is 10.9. The molecule has 0 unspecified atom stereocenters. The van der Waals surface area contributed by atoms with Crippen molar-refractivity contribution in [2.45, 2.75) is 75.6 Å². The smallest absolute Gasteiger partial charge is 0.184 e. The number of hydrogen-bond donors (Lipinski definition) is 0. The lowest BCUT2D eigenvalue weighted by Gasteiger charge is -2.43. The van der Waals surface area contributed by atoms with Crippen molar-refractivity contribution < 1.29 is 0 Å². The zero-order valence-corrected chi connectivity index (χ0v) is 18.1. The summed E-state index contributed by atoms with van der Waals surface area (Å²) >= 11 is 3.67. The minimum atomic E-state index is 0.208. The van der Waals surface area contributed by atoms with Crippen molar-refractivity contribution in [1.29, 1.82) is 0 Å². The average Bonchev–Trinajstić information content (AvgIpc) is 3.03. The molecule has 0 saturated heterocycles. The first-order valence-corrected chi connectivity index (χ1v) is 12.2. The summed E-state index contributed by atoms with van der Waals surface area (Å²) in [6, 6.07) is 9.30. The maximum atomic E-state index is 4.94. The molecule has 142 valence electrons. The fraction of sp³-hybridized carbons (Fsp3) is 0.591. The van der Waals surface area contributed by atoms with Gasteiger partial charge in [0, 0.05) is 34.5 Å². The zero-order valence-electron chi connectivity index (χ0n) is 16.5. The quantitative estimate of drug-likeness (QED) is 0.367. The summed E-state index contributed by atoms with van der Waals surface area (Å²) in [6.45, 7) is 6.58. The summed E-state index contributed by atoms with van der Waals surface area (Å²) in [7, 11) is 0. The molecule has 2 aromatic rings. The molecule has 0 radical (unpaired) electrons. The predicted molar refractivity (Wildman–Crippen MR) is 115 cm³/mol. The monoisotopic (exact) mass is 388 g/mol. The van der Waals surface area contributed by atoms with Crippen LogP contribution in [0.25, 0.3) is 0 Å². The molecule has 0 N–H and O–H groups in total. The van der Waals surface area contributed by atoms with E-state index in [1.165, 1.54) is 65.9 Å². The molecule has 1 aliphatic carbocycles. The highest BCUT2D eigenvalue weighted by atomic mass is 32.2. The van der Waals surface area contributed by atoms with Crippen molar-refractivity contribution in [2.75, 3.05) is 12.8 Å². The lowest BCUT2D eigenvalue weighted by atomic mass is 9.62. The third-order valence-corrected chi connectivity index (χ3v) is 7.28. The molecule has 1 aromatic heterocycles. The number of aromatic nitrogens is 1. The molecule has 1 aliphatic rings. The molecular formula is C22H32N2S2. The van der Waals surface area contributed by atoms with Gasteiger partial charge in [-0.15, -0.1) is 23.1 Å². The number of thioether (sulfide) groups is 1. The fourth-order valence-corrected chi connectivity index (χ4v) is 5.29. The van der Waals surface area contributed by atoms with E-state index in [0.717, 1.165) is 13.1 Å². The van der Waals surface area contributed by atoms with Gasteiger partial charge < -0.3 is 4.57 Å². The van der Waals surface area contributed by atoms with Gasteiger partial charge in [0.25, 0.3) is 0 Å². The van der Waals surface area contributed by atoms with Crippen LogP contribution in [0.1, 0.15) is 70.1 Å². The van der Waals surface area contributed by atoms with Crippen molar-refractivity contribution in [1.82, 2.24) is 4.57 Å². The van der Waals surface area contributed by atoms with Crippen molar-refractivity contribution in [3.63, 3.8) is 0 Å². The van der Waals surface area contributed by atoms with E-state index in [-0.39, 0.29) is 5.41 Å². The Kier molecular flexibility index (Phi) is 7.05. The Hall–Kier alpha value is -1.00. The van der Waals surface area contributed by atoms with Gasteiger partial charge in [-0.3, -0.25) is 4.99 Å². The van der Waals surface area contributed by atoms with Crippen molar-refractivity contribution >= 4 is 23.1 Å². The van der Waals surface area contributed by atoms with Crippen LogP contribution in [0.3, 0.4) is 0 Å². The van der Waals surface area contributed by atoms with Crippen LogP contribution in [-0.2, 0) is 12.0 Å². The van der Waals surface area contributed by atoms with E-state index >= 15 is 0 Å². The third kappa shape index (κ3) is 3.96. The first-order chi connectivity index (χ1) is 12.7. The molecule has 3 rings (SSSR count). The lowest BCUT2D eigenvalue weighted by Crippen LogP contribution is -2.39. The summed E-state index contributed by atoms with van der Waals surface area (Å²) in [4.78, 5) is 7.52. The Morgan fingerprint density at radius 3 is 2.42 bits per heavy atom. The van der Waals surface area contributed by atoms with Crippen molar-refractivity contribution in [3.05, 3.63) is 45.7 Å². The molecule has 0 spiro atoms. The van der Waals surface area contributed by atoms with Crippen LogP contribution < -0.4 is 4.80 Å². The lowest BCUT2D eigenvalue weighted by molar-refractivity contribution is 0.281. The van der Waals surface area contributed by atoms with E-state index in [4.69, 9.17) is 4.99 Å². The fourth-order valence-electron chi connectivity index (χ4n) is 3.83. The largest absolute Gasteiger partial charge is 0.320 e. The second-order valence-corrected chi connectivity index (χ2v) is 9.02. The Balaban J connectivity index is 2.00. The van der Waals surface area contributed by atoms with Gasteiger partial charge in [-0.1, -0.05) is 45.2 Å². The topological polar surface area (TPSA) is 17.3 Å². The number of benzene rings is 1. The Morgan fingerprint density at radius 2 is 1.85 bits per heavy atom. The van der Waals surface area contributed by atoms with Gasteiger partial charge in [0.05, 0.1) is 0 Å². The predicted octanol–water partition coefficient (Wildman–Crippen LogP) is 6.24. The van der Waals surface area contributed by atoms with Crippen LogP contribution in [0.4, 0.5) is 0 Å². The minimum Gasteiger partial charge on any atom is -0.320 e. The van der Waals surface area contributed by atoms with Crippen LogP contribution in [0.2, 0.25) is 0 Å². The van der Waals surface area contributed by atoms with Gasteiger partial charge in [-0.25, -0.2) is 0 Å². The summed E-state index contributed by atoms with van der Waals surface area (Å²) in [5.41, 5.74) is 3.21. The van der Waals surface area contributed by atoms with Gasteiger partial charge in [-0.2, -0.15) is 0 Å². The Labute approximate surface area is 166 Å². The molecule has 1 aromatic carbocycles. The average molecular weight is 389 g/mol. The Morgan fingerprint density at radius 1 is 1.12 bits per heavy atom. The van der Waals surface area contributed by atoms with Gasteiger partial charge in [0.15, 0.2) is 4.80 Å². The molecule has 1 fully saturated rings. The summed E-state index contributed by atoms with van der Waals surface area (Å²) < 4.78 is 2.55. The van der Waals surface area contributed by atoms with Gasteiger partial charge in [-0.05, 0) is 49.6 Å². The maximum absolute atomic E-state index is 4.94. The molecule has 0 atom stereocenters. The highest BCUT2D eigenvalue weighted by Gasteiger charge is 2.42. The first kappa shape index (κ1) is 19.8. The number of unbranched alkanes of at least 4 members (excludes halogenated alkanes) is 2. The molecule has 0 bridgehead atoms. The molecule has 2 nitrogen and oxygen atoms in total. The number of thiazole rings is 1.